The maximum absolute atomic E-state index is 11.1. The maximum atomic E-state index is 11.1. The number of hydrogen-bond donors (Lipinski definition) is 1. The second kappa shape index (κ2) is 6.02. The second-order valence-electron chi connectivity index (χ2n) is 4.09. The lowest BCUT2D eigenvalue weighted by atomic mass is 10.2. The van der Waals surface area contributed by atoms with Crippen LogP contribution in [0.3, 0.4) is 0 Å². The fourth-order valence-electron chi connectivity index (χ4n) is 1.32. The fraction of sp³-hybridized carbons (Fsp3) is 0.500. The van der Waals surface area contributed by atoms with Crippen LogP contribution >= 0.6 is 0 Å². The van der Waals surface area contributed by atoms with Crippen molar-refractivity contribution in [2.45, 2.75) is 32.9 Å². The van der Waals surface area contributed by atoms with Crippen molar-refractivity contribution in [1.29, 1.82) is 0 Å². The summed E-state index contributed by atoms with van der Waals surface area (Å²) in [5.74, 6) is 0.394. The molecule has 4 nitrogen and oxygen atoms in total. The van der Waals surface area contributed by atoms with E-state index in [1.165, 1.54) is 0 Å². The minimum atomic E-state index is -3.47. The molecule has 17 heavy (non-hydrogen) atoms. The zero-order valence-electron chi connectivity index (χ0n) is 10.4. The number of hydrogen-bond acceptors (Lipinski definition) is 4. The Kier molecular flexibility index (Phi) is 4.96. The molecule has 1 aromatic carbocycles. The van der Waals surface area contributed by atoms with E-state index in [4.69, 9.17) is 4.18 Å². The third kappa shape index (κ3) is 5.19. The Balaban J connectivity index is 2.78. The smallest absolute Gasteiger partial charge is 0.306 e. The molecule has 1 N–H and O–H groups in total. The molecule has 0 aliphatic rings. The monoisotopic (exact) mass is 257 g/mol. The summed E-state index contributed by atoms with van der Waals surface area (Å²) in [6.07, 6.45) is 2.07. The number of benzene rings is 1. The molecule has 0 saturated heterocycles. The van der Waals surface area contributed by atoms with Crippen LogP contribution in [0.25, 0.3) is 0 Å². The SMILES string of the molecule is CCC(C)NCc1ccccc1OS(C)(=O)=O. The lowest BCUT2D eigenvalue weighted by molar-refractivity contribution is 0.482. The zero-order chi connectivity index (χ0) is 12.9. The summed E-state index contributed by atoms with van der Waals surface area (Å²) in [5, 5.41) is 3.30. The second-order valence-corrected chi connectivity index (χ2v) is 5.66. The standard InChI is InChI=1S/C12H19NO3S/c1-4-10(2)13-9-11-7-5-6-8-12(11)16-17(3,14)15/h5-8,10,13H,4,9H2,1-3H3. The predicted octanol–water partition coefficient (Wildman–Crippen LogP) is 1.91. The molecular weight excluding hydrogens is 238 g/mol. The van der Waals surface area contributed by atoms with Gasteiger partial charge in [-0.05, 0) is 19.4 Å². The molecule has 0 amide bonds. The molecule has 0 spiro atoms. The van der Waals surface area contributed by atoms with Gasteiger partial charge in [-0.1, -0.05) is 25.1 Å². The van der Waals surface area contributed by atoms with Crippen molar-refractivity contribution >= 4 is 10.1 Å². The highest BCUT2D eigenvalue weighted by molar-refractivity contribution is 7.86. The third-order valence-corrected chi connectivity index (χ3v) is 2.95. The van der Waals surface area contributed by atoms with Gasteiger partial charge in [-0.2, -0.15) is 8.42 Å². The van der Waals surface area contributed by atoms with E-state index in [-0.39, 0.29) is 0 Å². The van der Waals surface area contributed by atoms with Gasteiger partial charge in [0, 0.05) is 18.2 Å². The predicted molar refractivity (Wildman–Crippen MR) is 68.5 cm³/mol. The Labute approximate surface area is 103 Å². The van der Waals surface area contributed by atoms with E-state index in [1.807, 2.05) is 12.1 Å². The van der Waals surface area contributed by atoms with Crippen molar-refractivity contribution in [3.63, 3.8) is 0 Å². The van der Waals surface area contributed by atoms with Crippen LogP contribution in [0.4, 0.5) is 0 Å². The molecule has 0 bridgehead atoms. The summed E-state index contributed by atoms with van der Waals surface area (Å²) in [4.78, 5) is 0. The minimum Gasteiger partial charge on any atom is -0.382 e. The van der Waals surface area contributed by atoms with E-state index in [1.54, 1.807) is 12.1 Å². The highest BCUT2D eigenvalue weighted by Gasteiger charge is 2.09. The summed E-state index contributed by atoms with van der Waals surface area (Å²) >= 11 is 0. The van der Waals surface area contributed by atoms with E-state index in [0.29, 0.717) is 18.3 Å². The highest BCUT2D eigenvalue weighted by Crippen LogP contribution is 2.19. The van der Waals surface area contributed by atoms with E-state index >= 15 is 0 Å². The molecule has 0 aliphatic carbocycles. The summed E-state index contributed by atoms with van der Waals surface area (Å²) in [6, 6.07) is 7.53. The number of rotatable bonds is 6. The number of para-hydroxylation sites is 1. The van der Waals surface area contributed by atoms with E-state index < -0.39 is 10.1 Å². The molecule has 96 valence electrons. The van der Waals surface area contributed by atoms with Gasteiger partial charge in [0.15, 0.2) is 0 Å². The van der Waals surface area contributed by atoms with Crippen molar-refractivity contribution in [3.05, 3.63) is 29.8 Å². The van der Waals surface area contributed by atoms with Crippen molar-refractivity contribution in [2.75, 3.05) is 6.26 Å². The normalized spacial score (nSPS) is 13.4. The van der Waals surface area contributed by atoms with E-state index in [0.717, 1.165) is 18.2 Å². The molecule has 0 aromatic heterocycles. The average Bonchev–Trinajstić information content (AvgIpc) is 2.25. The molecule has 5 heteroatoms. The summed E-state index contributed by atoms with van der Waals surface area (Å²) in [6.45, 7) is 4.78. The molecule has 0 heterocycles. The van der Waals surface area contributed by atoms with Gasteiger partial charge in [-0.15, -0.1) is 0 Å². The van der Waals surface area contributed by atoms with Crippen LogP contribution in [-0.4, -0.2) is 20.7 Å². The Morgan fingerprint density at radius 3 is 2.59 bits per heavy atom. The van der Waals surface area contributed by atoms with Gasteiger partial charge in [0.05, 0.1) is 6.26 Å². The van der Waals surface area contributed by atoms with Crippen LogP contribution in [-0.2, 0) is 16.7 Å². The summed E-state index contributed by atoms with van der Waals surface area (Å²) < 4.78 is 27.1. The van der Waals surface area contributed by atoms with E-state index in [2.05, 4.69) is 19.2 Å². The minimum absolute atomic E-state index is 0.390. The first-order chi connectivity index (χ1) is 7.92. The molecule has 0 fully saturated rings. The highest BCUT2D eigenvalue weighted by atomic mass is 32.2. The van der Waals surface area contributed by atoms with Gasteiger partial charge in [0.1, 0.15) is 5.75 Å². The zero-order valence-corrected chi connectivity index (χ0v) is 11.3. The molecule has 0 radical (unpaired) electrons. The largest absolute Gasteiger partial charge is 0.382 e. The Morgan fingerprint density at radius 2 is 2.00 bits per heavy atom. The molecule has 0 saturated carbocycles. The van der Waals surface area contributed by atoms with Crippen molar-refractivity contribution < 1.29 is 12.6 Å². The van der Waals surface area contributed by atoms with Crippen LogP contribution in [0.15, 0.2) is 24.3 Å². The van der Waals surface area contributed by atoms with Gasteiger partial charge < -0.3 is 9.50 Å². The quantitative estimate of drug-likeness (QED) is 0.791. The lowest BCUT2D eigenvalue weighted by Gasteiger charge is -2.13. The molecular formula is C12H19NO3S. The van der Waals surface area contributed by atoms with Crippen LogP contribution in [0.2, 0.25) is 0 Å². The van der Waals surface area contributed by atoms with Gasteiger partial charge >= 0.3 is 10.1 Å². The van der Waals surface area contributed by atoms with Gasteiger partial charge in [0.2, 0.25) is 0 Å². The summed E-state index contributed by atoms with van der Waals surface area (Å²) in [5.41, 5.74) is 0.846. The lowest BCUT2D eigenvalue weighted by Crippen LogP contribution is -2.24. The maximum Gasteiger partial charge on any atom is 0.306 e. The first-order valence-corrected chi connectivity index (χ1v) is 7.44. The molecule has 1 rings (SSSR count). The topological polar surface area (TPSA) is 55.4 Å². The van der Waals surface area contributed by atoms with Gasteiger partial charge in [-0.3, -0.25) is 0 Å². The fourth-order valence-corrected chi connectivity index (χ4v) is 1.81. The van der Waals surface area contributed by atoms with Gasteiger partial charge in [0.25, 0.3) is 0 Å². The number of nitrogens with one attached hydrogen (secondary N) is 1. The van der Waals surface area contributed by atoms with Gasteiger partial charge in [-0.25, -0.2) is 0 Å². The first kappa shape index (κ1) is 14.0. The van der Waals surface area contributed by atoms with E-state index in [9.17, 15) is 8.42 Å². The molecule has 0 aliphatic heterocycles. The van der Waals surface area contributed by atoms with Crippen molar-refractivity contribution in [3.8, 4) is 5.75 Å². The Morgan fingerprint density at radius 1 is 1.35 bits per heavy atom. The average molecular weight is 257 g/mol. The molecule has 1 aromatic rings. The van der Waals surface area contributed by atoms with Crippen LogP contribution in [0.1, 0.15) is 25.8 Å². The third-order valence-electron chi connectivity index (χ3n) is 2.47. The van der Waals surface area contributed by atoms with Crippen LogP contribution in [0.5, 0.6) is 5.75 Å². The Hall–Kier alpha value is -1.07. The molecule has 1 unspecified atom stereocenters. The molecule has 1 atom stereocenters. The van der Waals surface area contributed by atoms with Crippen LogP contribution in [0, 0.1) is 0 Å². The first-order valence-electron chi connectivity index (χ1n) is 5.63. The Bertz CT molecular complexity index is 457. The van der Waals surface area contributed by atoms with Crippen molar-refractivity contribution in [2.24, 2.45) is 0 Å². The summed E-state index contributed by atoms with van der Waals surface area (Å²) in [7, 11) is -3.47. The van der Waals surface area contributed by atoms with Crippen molar-refractivity contribution in [1.82, 2.24) is 5.32 Å². The van der Waals surface area contributed by atoms with Crippen LogP contribution < -0.4 is 9.50 Å².